The van der Waals surface area contributed by atoms with E-state index in [1.165, 1.54) is 12.1 Å². The highest BCUT2D eigenvalue weighted by atomic mass is 32.2. The van der Waals surface area contributed by atoms with Crippen LogP contribution in [0.3, 0.4) is 0 Å². The van der Waals surface area contributed by atoms with Crippen LogP contribution in [0.2, 0.25) is 0 Å². The average Bonchev–Trinajstić information content (AvgIpc) is 3.36. The molecule has 0 amide bonds. The van der Waals surface area contributed by atoms with Crippen LogP contribution in [0, 0.1) is 12.7 Å². The van der Waals surface area contributed by atoms with E-state index in [2.05, 4.69) is 10.1 Å². The van der Waals surface area contributed by atoms with E-state index in [9.17, 15) is 12.8 Å². The van der Waals surface area contributed by atoms with Gasteiger partial charge in [-0.05, 0) is 62.4 Å². The third-order valence-electron chi connectivity index (χ3n) is 5.88. The van der Waals surface area contributed by atoms with Crippen molar-refractivity contribution in [2.24, 2.45) is 7.05 Å². The van der Waals surface area contributed by atoms with E-state index in [0.717, 1.165) is 36.2 Å². The highest BCUT2D eigenvalue weighted by molar-refractivity contribution is 7.89. The number of halogens is 1. The first-order valence-electron chi connectivity index (χ1n) is 10.5. The number of hydrogen-bond acceptors (Lipinski definition) is 4. The van der Waals surface area contributed by atoms with Crippen LogP contribution < -0.4 is 0 Å². The van der Waals surface area contributed by atoms with Crippen molar-refractivity contribution in [3.8, 4) is 0 Å². The Hall–Kier alpha value is -2.58. The lowest BCUT2D eigenvalue weighted by Gasteiger charge is -2.30. The lowest BCUT2D eigenvalue weighted by molar-refractivity contribution is 0.309. The number of nitrogens with zero attached hydrogens (tertiary/aromatic N) is 4. The Balaban J connectivity index is 1.60. The Morgan fingerprint density at radius 2 is 1.77 bits per heavy atom. The predicted molar refractivity (Wildman–Crippen MR) is 116 cm³/mol. The van der Waals surface area contributed by atoms with E-state index in [4.69, 9.17) is 0 Å². The summed E-state index contributed by atoms with van der Waals surface area (Å²) in [7, 11) is -1.87. The topological polar surface area (TPSA) is 68.1 Å². The van der Waals surface area contributed by atoms with Crippen molar-refractivity contribution < 1.29 is 12.8 Å². The third-order valence-corrected chi connectivity index (χ3v) is 7.85. The van der Waals surface area contributed by atoms with Crippen molar-refractivity contribution >= 4 is 10.0 Å². The van der Waals surface area contributed by atoms with Crippen LogP contribution in [0.5, 0.6) is 0 Å². The fraction of sp³-hybridized carbons (Fsp3) is 0.391. The molecule has 1 saturated heterocycles. The Kier molecular flexibility index (Phi) is 6.20. The van der Waals surface area contributed by atoms with Gasteiger partial charge in [0.05, 0.1) is 10.9 Å². The monoisotopic (exact) mass is 442 g/mol. The van der Waals surface area contributed by atoms with Gasteiger partial charge in [0.1, 0.15) is 12.1 Å². The highest BCUT2D eigenvalue weighted by Gasteiger charge is 2.42. The van der Waals surface area contributed by atoms with Gasteiger partial charge >= 0.3 is 0 Å². The molecule has 0 N–H and O–H groups in total. The SMILES string of the molecule is Cc1ccc(S(=O)(=O)N2[C@@H](CCCc3ncn(C)n3)CC[C@@H]2c2ccc(F)cc2)cc1. The molecule has 31 heavy (non-hydrogen) atoms. The lowest BCUT2D eigenvalue weighted by atomic mass is 10.0. The Bertz CT molecular complexity index is 1130. The van der Waals surface area contributed by atoms with Gasteiger partial charge in [-0.25, -0.2) is 17.8 Å². The van der Waals surface area contributed by atoms with Gasteiger partial charge in [0.15, 0.2) is 5.82 Å². The third kappa shape index (κ3) is 4.70. The van der Waals surface area contributed by atoms with Gasteiger partial charge in [-0.3, -0.25) is 4.68 Å². The number of aryl methyl sites for hydroxylation is 3. The van der Waals surface area contributed by atoms with E-state index >= 15 is 0 Å². The largest absolute Gasteiger partial charge is 0.256 e. The van der Waals surface area contributed by atoms with Crippen molar-refractivity contribution in [3.63, 3.8) is 0 Å². The number of hydrogen-bond donors (Lipinski definition) is 0. The zero-order valence-corrected chi connectivity index (χ0v) is 18.6. The standard InChI is InChI=1S/C23H27FN4O2S/c1-17-6-13-21(14-7-17)31(29,30)28-20(4-3-5-23-25-16-27(2)26-23)12-15-22(28)18-8-10-19(24)11-9-18/h6-11,13-14,16,20,22H,3-5,12,15H2,1-2H3/t20-,22+/m0/s1. The summed E-state index contributed by atoms with van der Waals surface area (Å²) in [5.74, 6) is 0.442. The molecule has 2 heterocycles. The van der Waals surface area contributed by atoms with Gasteiger partial charge in [-0.1, -0.05) is 29.8 Å². The lowest BCUT2D eigenvalue weighted by Crippen LogP contribution is -2.37. The summed E-state index contributed by atoms with van der Waals surface area (Å²) in [6, 6.07) is 12.7. The summed E-state index contributed by atoms with van der Waals surface area (Å²) < 4.78 is 44.1. The van der Waals surface area contributed by atoms with Crippen molar-refractivity contribution in [1.82, 2.24) is 19.1 Å². The van der Waals surface area contributed by atoms with Gasteiger partial charge in [0.2, 0.25) is 10.0 Å². The minimum absolute atomic E-state index is 0.120. The predicted octanol–water partition coefficient (Wildman–Crippen LogP) is 4.18. The number of rotatable bonds is 7. The first-order chi connectivity index (χ1) is 14.8. The first-order valence-corrected chi connectivity index (χ1v) is 12.0. The van der Waals surface area contributed by atoms with Gasteiger partial charge in [0.25, 0.3) is 0 Å². The molecule has 0 saturated carbocycles. The molecule has 4 rings (SSSR count). The van der Waals surface area contributed by atoms with E-state index in [0.29, 0.717) is 17.7 Å². The van der Waals surface area contributed by atoms with E-state index in [1.807, 2.05) is 26.1 Å². The van der Waals surface area contributed by atoms with Crippen molar-refractivity contribution in [2.75, 3.05) is 0 Å². The maximum atomic E-state index is 13.7. The molecule has 8 heteroatoms. The molecule has 1 fully saturated rings. The van der Waals surface area contributed by atoms with Gasteiger partial charge < -0.3 is 0 Å². The van der Waals surface area contributed by atoms with Gasteiger partial charge in [-0.2, -0.15) is 9.40 Å². The Morgan fingerprint density at radius 1 is 1.06 bits per heavy atom. The molecule has 6 nitrogen and oxygen atoms in total. The summed E-state index contributed by atoms with van der Waals surface area (Å²) >= 11 is 0. The van der Waals surface area contributed by atoms with E-state index in [1.54, 1.807) is 39.6 Å². The molecular formula is C23H27FN4O2S. The first kappa shape index (κ1) is 21.6. The number of benzene rings is 2. The molecule has 0 aliphatic carbocycles. The summed E-state index contributed by atoms with van der Waals surface area (Å²) in [5, 5.41) is 4.31. The van der Waals surface area contributed by atoms with Gasteiger partial charge in [0, 0.05) is 19.5 Å². The second-order valence-electron chi connectivity index (χ2n) is 8.17. The summed E-state index contributed by atoms with van der Waals surface area (Å²) in [5.41, 5.74) is 1.83. The molecular weight excluding hydrogens is 415 g/mol. The van der Waals surface area contributed by atoms with Crippen LogP contribution in [-0.4, -0.2) is 33.5 Å². The van der Waals surface area contributed by atoms with Crippen molar-refractivity contribution in [1.29, 1.82) is 0 Å². The Morgan fingerprint density at radius 3 is 2.42 bits per heavy atom. The van der Waals surface area contributed by atoms with Crippen LogP contribution in [0.25, 0.3) is 0 Å². The second-order valence-corrected chi connectivity index (χ2v) is 10.0. The summed E-state index contributed by atoms with van der Waals surface area (Å²) in [6.45, 7) is 1.93. The maximum Gasteiger partial charge on any atom is 0.243 e. The van der Waals surface area contributed by atoms with Crippen LogP contribution in [-0.2, 0) is 23.5 Å². The molecule has 0 spiro atoms. The van der Waals surface area contributed by atoms with Crippen molar-refractivity contribution in [3.05, 3.63) is 77.6 Å². The van der Waals surface area contributed by atoms with Crippen LogP contribution in [0.15, 0.2) is 59.8 Å². The highest BCUT2D eigenvalue weighted by Crippen LogP contribution is 2.42. The minimum atomic E-state index is -3.70. The second kappa shape index (κ2) is 8.88. The molecule has 1 aliphatic heterocycles. The molecule has 164 valence electrons. The van der Waals surface area contributed by atoms with Crippen LogP contribution in [0.4, 0.5) is 4.39 Å². The summed E-state index contributed by atoms with van der Waals surface area (Å²) in [4.78, 5) is 4.55. The minimum Gasteiger partial charge on any atom is -0.256 e. The molecule has 0 unspecified atom stereocenters. The van der Waals surface area contributed by atoms with Gasteiger partial charge in [-0.15, -0.1) is 0 Å². The van der Waals surface area contributed by atoms with Crippen molar-refractivity contribution in [2.45, 2.75) is 56.0 Å². The fourth-order valence-corrected chi connectivity index (χ4v) is 6.21. The molecule has 2 aromatic carbocycles. The molecule has 1 aromatic heterocycles. The normalized spacial score (nSPS) is 19.7. The molecule has 0 radical (unpaired) electrons. The molecule has 3 aromatic rings. The number of aromatic nitrogens is 3. The molecule has 0 bridgehead atoms. The molecule has 2 atom stereocenters. The fourth-order valence-electron chi connectivity index (χ4n) is 4.32. The quantitative estimate of drug-likeness (QED) is 0.551. The van der Waals surface area contributed by atoms with Crippen LogP contribution >= 0.6 is 0 Å². The zero-order valence-electron chi connectivity index (χ0n) is 17.8. The zero-order chi connectivity index (χ0) is 22.0. The van der Waals surface area contributed by atoms with E-state index < -0.39 is 10.0 Å². The van der Waals surface area contributed by atoms with Crippen LogP contribution in [0.1, 0.15) is 48.7 Å². The number of sulfonamides is 1. The maximum absolute atomic E-state index is 13.7. The van der Waals surface area contributed by atoms with E-state index in [-0.39, 0.29) is 17.9 Å². The smallest absolute Gasteiger partial charge is 0.243 e. The Labute approximate surface area is 182 Å². The summed E-state index contributed by atoms with van der Waals surface area (Å²) in [6.07, 6.45) is 5.37. The average molecular weight is 443 g/mol. The molecule has 1 aliphatic rings.